The van der Waals surface area contributed by atoms with Gasteiger partial charge >= 0.3 is 0 Å². The molecule has 6 heteroatoms. The lowest BCUT2D eigenvalue weighted by atomic mass is 9.85. The van der Waals surface area contributed by atoms with Gasteiger partial charge in [-0.25, -0.2) is 4.98 Å². The number of hydrogen-bond donors (Lipinski definition) is 1. The molecule has 0 saturated heterocycles. The van der Waals surface area contributed by atoms with E-state index in [1.54, 1.807) is 25.5 Å². The van der Waals surface area contributed by atoms with Crippen LogP contribution >= 0.6 is 22.9 Å². The van der Waals surface area contributed by atoms with Gasteiger partial charge in [-0.05, 0) is 30.2 Å². The molecule has 4 rings (SSSR count). The fraction of sp³-hybridized carbons (Fsp3) is 0.300. The molecule has 1 N–H and O–H groups in total. The molecule has 1 aliphatic heterocycles. The Labute approximate surface area is 162 Å². The molecule has 3 aromatic rings. The average Bonchev–Trinajstić information content (AvgIpc) is 3.23. The summed E-state index contributed by atoms with van der Waals surface area (Å²) in [6, 6.07) is 8.10. The van der Waals surface area contributed by atoms with Gasteiger partial charge in [-0.15, -0.1) is 11.3 Å². The highest BCUT2D eigenvalue weighted by atomic mass is 35.5. The van der Waals surface area contributed by atoms with E-state index in [0.717, 1.165) is 23.5 Å². The van der Waals surface area contributed by atoms with E-state index in [4.69, 9.17) is 11.6 Å². The van der Waals surface area contributed by atoms with Crippen LogP contribution in [0.15, 0.2) is 48.2 Å². The molecule has 1 aromatic carbocycles. The Bertz CT molecular complexity index is 953. The van der Waals surface area contributed by atoms with Crippen LogP contribution in [0.4, 0.5) is 11.4 Å². The van der Waals surface area contributed by atoms with Crippen molar-refractivity contribution >= 4 is 34.3 Å². The number of aromatic nitrogens is 2. The number of pyridine rings is 1. The van der Waals surface area contributed by atoms with Crippen molar-refractivity contribution in [2.75, 3.05) is 11.4 Å². The molecule has 0 aliphatic carbocycles. The van der Waals surface area contributed by atoms with Gasteiger partial charge in [0.25, 0.3) is 0 Å². The smallest absolute Gasteiger partial charge is 0.138 e. The molecular formula is C20H20ClN3OS. The third-order valence-electron chi connectivity index (χ3n) is 5.02. The summed E-state index contributed by atoms with van der Waals surface area (Å²) in [5.41, 5.74) is 2.90. The highest BCUT2D eigenvalue weighted by molar-refractivity contribution is 7.09. The third-order valence-corrected chi connectivity index (χ3v) is 6.30. The van der Waals surface area contributed by atoms with Crippen LogP contribution in [-0.4, -0.2) is 21.6 Å². The van der Waals surface area contributed by atoms with Gasteiger partial charge in [0.2, 0.25) is 0 Å². The molecule has 0 radical (unpaired) electrons. The fourth-order valence-electron chi connectivity index (χ4n) is 3.58. The van der Waals surface area contributed by atoms with Crippen molar-refractivity contribution in [3.05, 3.63) is 69.4 Å². The quantitative estimate of drug-likeness (QED) is 0.698. The molecule has 3 heterocycles. The monoisotopic (exact) mass is 385 g/mol. The second kappa shape index (κ2) is 6.05. The number of fused-ring (bicyclic) bond motifs is 1. The molecule has 134 valence electrons. The van der Waals surface area contributed by atoms with Crippen LogP contribution in [0.3, 0.4) is 0 Å². The number of anilines is 2. The fourth-order valence-corrected chi connectivity index (χ4v) is 4.53. The minimum Gasteiger partial charge on any atom is -0.378 e. The maximum absolute atomic E-state index is 11.1. The summed E-state index contributed by atoms with van der Waals surface area (Å²) in [6.07, 6.45) is 5.13. The second-order valence-electron chi connectivity index (χ2n) is 7.44. The largest absolute Gasteiger partial charge is 0.378 e. The summed E-state index contributed by atoms with van der Waals surface area (Å²) in [7, 11) is 0. The summed E-state index contributed by atoms with van der Waals surface area (Å²) in [5, 5.41) is 14.3. The first-order valence-corrected chi connectivity index (χ1v) is 9.71. The highest BCUT2D eigenvalue weighted by Gasteiger charge is 2.38. The van der Waals surface area contributed by atoms with Crippen LogP contribution in [0.25, 0.3) is 0 Å². The number of halogens is 1. The SMILES string of the molecule is CC1(C)CN(c2ccncc2Cl)c2cc(C(C)(O)c3nccs3)ccc21. The molecule has 2 aromatic heterocycles. The first kappa shape index (κ1) is 17.5. The summed E-state index contributed by atoms with van der Waals surface area (Å²) >= 11 is 7.87. The van der Waals surface area contributed by atoms with E-state index in [1.807, 2.05) is 17.5 Å². The Morgan fingerprint density at radius 3 is 2.73 bits per heavy atom. The topological polar surface area (TPSA) is 49.2 Å². The van der Waals surface area contributed by atoms with E-state index in [-0.39, 0.29) is 5.41 Å². The van der Waals surface area contributed by atoms with E-state index >= 15 is 0 Å². The first-order valence-electron chi connectivity index (χ1n) is 8.45. The lowest BCUT2D eigenvalue weighted by Gasteiger charge is -2.25. The zero-order chi connectivity index (χ0) is 18.5. The third kappa shape index (κ3) is 2.71. The Hall–Kier alpha value is -1.95. The summed E-state index contributed by atoms with van der Waals surface area (Å²) in [4.78, 5) is 10.6. The summed E-state index contributed by atoms with van der Waals surface area (Å²) < 4.78 is 0. The lowest BCUT2D eigenvalue weighted by Crippen LogP contribution is -2.25. The normalized spacial score (nSPS) is 17.8. The lowest BCUT2D eigenvalue weighted by molar-refractivity contribution is 0.102. The van der Waals surface area contributed by atoms with Crippen molar-refractivity contribution in [3.63, 3.8) is 0 Å². The molecule has 0 amide bonds. The van der Waals surface area contributed by atoms with Gasteiger partial charge in [0.05, 0.1) is 10.7 Å². The molecule has 0 fully saturated rings. The van der Waals surface area contributed by atoms with Crippen LogP contribution < -0.4 is 4.90 Å². The van der Waals surface area contributed by atoms with E-state index < -0.39 is 5.60 Å². The molecule has 0 bridgehead atoms. The van der Waals surface area contributed by atoms with Crippen molar-refractivity contribution in [3.8, 4) is 0 Å². The van der Waals surface area contributed by atoms with Crippen LogP contribution in [0, 0.1) is 0 Å². The van der Waals surface area contributed by atoms with Gasteiger partial charge in [-0.2, -0.15) is 0 Å². The van der Waals surface area contributed by atoms with Crippen LogP contribution in [0.5, 0.6) is 0 Å². The van der Waals surface area contributed by atoms with Crippen molar-refractivity contribution in [1.82, 2.24) is 9.97 Å². The first-order chi connectivity index (χ1) is 12.3. The standard InChI is InChI=1S/C20H20ClN3OS/c1-19(2)12-24(16-6-7-22-11-15(16)21)17-10-13(4-5-14(17)19)20(3,25)18-23-8-9-26-18/h4-11,25H,12H2,1-3H3. The summed E-state index contributed by atoms with van der Waals surface area (Å²) in [5.74, 6) is 0. The number of hydrogen-bond acceptors (Lipinski definition) is 5. The molecule has 26 heavy (non-hydrogen) atoms. The summed E-state index contributed by atoms with van der Waals surface area (Å²) in [6.45, 7) is 7.05. The van der Waals surface area contributed by atoms with Gasteiger partial charge in [0.15, 0.2) is 0 Å². The zero-order valence-corrected chi connectivity index (χ0v) is 16.5. The van der Waals surface area contributed by atoms with Crippen LogP contribution in [0.2, 0.25) is 5.02 Å². The van der Waals surface area contributed by atoms with Gasteiger partial charge in [-0.3, -0.25) is 4.98 Å². The molecule has 0 saturated carbocycles. The number of nitrogens with zero attached hydrogens (tertiary/aromatic N) is 3. The minimum atomic E-state index is -1.14. The Morgan fingerprint density at radius 2 is 2.04 bits per heavy atom. The van der Waals surface area contributed by atoms with Crippen molar-refractivity contribution in [1.29, 1.82) is 0 Å². The minimum absolute atomic E-state index is 0.0203. The number of aliphatic hydroxyl groups is 1. The number of thiazole rings is 1. The molecule has 4 nitrogen and oxygen atoms in total. The molecular weight excluding hydrogens is 366 g/mol. The Balaban J connectivity index is 1.85. The van der Waals surface area contributed by atoms with E-state index in [0.29, 0.717) is 10.0 Å². The predicted octanol–water partition coefficient (Wildman–Crippen LogP) is 4.88. The van der Waals surface area contributed by atoms with Gasteiger partial charge in [0, 0.05) is 41.6 Å². The maximum atomic E-state index is 11.1. The average molecular weight is 386 g/mol. The molecule has 0 spiro atoms. The van der Waals surface area contributed by atoms with Crippen molar-refractivity contribution in [2.24, 2.45) is 0 Å². The van der Waals surface area contributed by atoms with E-state index in [2.05, 4.69) is 40.8 Å². The van der Waals surface area contributed by atoms with Gasteiger partial charge < -0.3 is 10.0 Å². The van der Waals surface area contributed by atoms with Gasteiger partial charge in [-0.1, -0.05) is 37.6 Å². The zero-order valence-electron chi connectivity index (χ0n) is 14.9. The maximum Gasteiger partial charge on any atom is 0.138 e. The van der Waals surface area contributed by atoms with E-state index in [9.17, 15) is 5.11 Å². The van der Waals surface area contributed by atoms with Crippen molar-refractivity contribution < 1.29 is 5.11 Å². The molecule has 1 unspecified atom stereocenters. The van der Waals surface area contributed by atoms with Gasteiger partial charge in [0.1, 0.15) is 10.6 Å². The Kier molecular flexibility index (Phi) is 4.06. The number of benzene rings is 1. The number of rotatable bonds is 3. The van der Waals surface area contributed by atoms with Crippen LogP contribution in [0.1, 0.15) is 36.9 Å². The second-order valence-corrected chi connectivity index (χ2v) is 8.74. The Morgan fingerprint density at radius 1 is 1.23 bits per heavy atom. The predicted molar refractivity (Wildman–Crippen MR) is 107 cm³/mol. The van der Waals surface area contributed by atoms with Crippen molar-refractivity contribution in [2.45, 2.75) is 31.8 Å². The van der Waals surface area contributed by atoms with Crippen LogP contribution in [-0.2, 0) is 11.0 Å². The molecule has 1 atom stereocenters. The van der Waals surface area contributed by atoms with E-state index in [1.165, 1.54) is 16.9 Å². The highest BCUT2D eigenvalue weighted by Crippen LogP contribution is 2.47. The molecule has 1 aliphatic rings.